The Hall–Kier alpha value is -1.61. The summed E-state index contributed by atoms with van der Waals surface area (Å²) in [4.78, 5) is 2.38. The summed E-state index contributed by atoms with van der Waals surface area (Å²) in [5.41, 5.74) is 5.97. The highest BCUT2D eigenvalue weighted by Crippen LogP contribution is 2.68. The molecule has 2 aliphatic carbocycles. The van der Waals surface area contributed by atoms with Crippen LogP contribution in [0.25, 0.3) is 0 Å². The average Bonchev–Trinajstić information content (AvgIpc) is 3.08. The Labute approximate surface area is 187 Å². The summed E-state index contributed by atoms with van der Waals surface area (Å²) in [5, 5.41) is 0. The number of hydrogen-bond acceptors (Lipinski definition) is 4. The van der Waals surface area contributed by atoms with Crippen molar-refractivity contribution in [3.05, 3.63) is 58.7 Å². The number of benzene rings is 2. The molecule has 31 heavy (non-hydrogen) atoms. The fraction of sp³-hybridized carbons (Fsp3) is 0.538. The van der Waals surface area contributed by atoms with E-state index in [-0.39, 0.29) is 16.2 Å². The van der Waals surface area contributed by atoms with Gasteiger partial charge in [0.05, 0.1) is 0 Å². The van der Waals surface area contributed by atoms with Gasteiger partial charge in [-0.05, 0) is 54.0 Å². The summed E-state index contributed by atoms with van der Waals surface area (Å²) in [6.07, 6.45) is 2.22. The van der Waals surface area contributed by atoms with E-state index in [0.717, 1.165) is 50.5 Å². The van der Waals surface area contributed by atoms with Gasteiger partial charge in [0.1, 0.15) is 11.5 Å². The van der Waals surface area contributed by atoms with E-state index in [0.29, 0.717) is 0 Å². The molecule has 0 N–H and O–H groups in total. The van der Waals surface area contributed by atoms with E-state index in [4.69, 9.17) is 9.05 Å². The van der Waals surface area contributed by atoms with E-state index in [9.17, 15) is 0 Å². The molecule has 0 amide bonds. The number of rotatable bonds is 1. The maximum Gasteiger partial charge on any atom is 0.384 e. The van der Waals surface area contributed by atoms with Crippen LogP contribution in [0.3, 0.4) is 0 Å². The number of hydrogen-bond donors (Lipinski definition) is 0. The van der Waals surface area contributed by atoms with Crippen LogP contribution in [0.15, 0.2) is 36.4 Å². The fourth-order valence-electron chi connectivity index (χ4n) is 6.83. The van der Waals surface area contributed by atoms with Crippen LogP contribution in [-0.2, 0) is 16.2 Å². The lowest BCUT2D eigenvalue weighted by atomic mass is 9.72. The van der Waals surface area contributed by atoms with Crippen molar-refractivity contribution in [2.45, 2.75) is 56.8 Å². The molecule has 0 aromatic heterocycles. The molecule has 2 heterocycles. The van der Waals surface area contributed by atoms with E-state index < -0.39 is 8.53 Å². The van der Waals surface area contributed by atoms with Crippen LogP contribution in [0.2, 0.25) is 0 Å². The Bertz CT molecular complexity index is 982. The summed E-state index contributed by atoms with van der Waals surface area (Å²) >= 11 is 0. The molecule has 4 nitrogen and oxygen atoms in total. The van der Waals surface area contributed by atoms with Crippen LogP contribution in [0.1, 0.15) is 62.8 Å². The zero-order valence-corrected chi connectivity index (χ0v) is 20.3. The van der Waals surface area contributed by atoms with Crippen LogP contribution in [0.5, 0.6) is 11.5 Å². The van der Waals surface area contributed by atoms with Crippen molar-refractivity contribution in [1.82, 2.24) is 9.57 Å². The van der Waals surface area contributed by atoms with Gasteiger partial charge in [0.15, 0.2) is 0 Å². The molecule has 2 aromatic carbocycles. The predicted octanol–water partition coefficient (Wildman–Crippen LogP) is 5.58. The monoisotopic (exact) mass is 436 g/mol. The minimum atomic E-state index is -1.19. The molecule has 4 aliphatic rings. The zero-order chi connectivity index (χ0) is 21.6. The molecule has 1 spiro atoms. The van der Waals surface area contributed by atoms with Crippen molar-refractivity contribution in [3.63, 3.8) is 0 Å². The Balaban J connectivity index is 1.59. The van der Waals surface area contributed by atoms with Crippen molar-refractivity contribution in [2.24, 2.45) is 0 Å². The SMILES string of the molecule is CN1CCN(P2Oc3cccc4c3C3(CC4(C)C)CC(C)(C)c4cccc(c43)O2)CC1. The quantitative estimate of drug-likeness (QED) is 0.545. The minimum absolute atomic E-state index is 0.0333. The van der Waals surface area contributed by atoms with Gasteiger partial charge in [-0.3, -0.25) is 0 Å². The van der Waals surface area contributed by atoms with Crippen LogP contribution in [-0.4, -0.2) is 42.8 Å². The van der Waals surface area contributed by atoms with Crippen LogP contribution >= 0.6 is 8.53 Å². The van der Waals surface area contributed by atoms with E-state index in [2.05, 4.69) is 80.7 Å². The van der Waals surface area contributed by atoms with E-state index in [1.54, 1.807) is 0 Å². The normalized spacial score (nSPS) is 25.7. The van der Waals surface area contributed by atoms with E-state index in [1.807, 2.05) is 0 Å². The average molecular weight is 437 g/mol. The third-order valence-corrected chi connectivity index (χ3v) is 9.59. The molecule has 0 unspecified atom stereocenters. The molecule has 1 fully saturated rings. The minimum Gasteiger partial charge on any atom is -0.427 e. The van der Waals surface area contributed by atoms with Gasteiger partial charge in [0, 0.05) is 42.7 Å². The molecule has 0 radical (unpaired) electrons. The first kappa shape index (κ1) is 20.0. The first-order valence-electron chi connectivity index (χ1n) is 11.6. The summed E-state index contributed by atoms with van der Waals surface area (Å²) < 4.78 is 16.1. The lowest BCUT2D eigenvalue weighted by Crippen LogP contribution is -2.43. The zero-order valence-electron chi connectivity index (χ0n) is 19.4. The molecule has 2 aliphatic heterocycles. The third-order valence-electron chi connectivity index (χ3n) is 8.02. The molecular weight excluding hydrogens is 403 g/mol. The van der Waals surface area contributed by atoms with Gasteiger partial charge in [0.25, 0.3) is 0 Å². The van der Waals surface area contributed by atoms with E-state index >= 15 is 0 Å². The summed E-state index contributed by atoms with van der Waals surface area (Å²) in [6, 6.07) is 13.4. The summed E-state index contributed by atoms with van der Waals surface area (Å²) in [5.74, 6) is 2.09. The van der Waals surface area contributed by atoms with Crippen LogP contribution in [0, 0.1) is 0 Å². The second kappa shape index (κ2) is 6.47. The van der Waals surface area contributed by atoms with Crippen LogP contribution < -0.4 is 9.05 Å². The molecular formula is C26H33N2O2P. The maximum absolute atomic E-state index is 6.82. The summed E-state index contributed by atoms with van der Waals surface area (Å²) in [7, 11) is 1.00. The lowest BCUT2D eigenvalue weighted by molar-refractivity contribution is 0.207. The third kappa shape index (κ3) is 2.78. The Morgan fingerprint density at radius 2 is 1.23 bits per heavy atom. The molecule has 5 heteroatoms. The van der Waals surface area contributed by atoms with Gasteiger partial charge in [-0.25, -0.2) is 4.67 Å². The van der Waals surface area contributed by atoms with Gasteiger partial charge in [-0.2, -0.15) is 0 Å². The predicted molar refractivity (Wildman–Crippen MR) is 126 cm³/mol. The Morgan fingerprint density at radius 3 is 1.71 bits per heavy atom. The van der Waals surface area contributed by atoms with Gasteiger partial charge in [0.2, 0.25) is 0 Å². The molecule has 0 bridgehead atoms. The molecule has 2 aromatic rings. The molecule has 164 valence electrons. The smallest absolute Gasteiger partial charge is 0.384 e. The number of nitrogens with zero attached hydrogens (tertiary/aromatic N) is 2. The first-order chi connectivity index (χ1) is 14.7. The van der Waals surface area contributed by atoms with Gasteiger partial charge in [-0.1, -0.05) is 52.0 Å². The highest BCUT2D eigenvalue weighted by Gasteiger charge is 2.59. The van der Waals surface area contributed by atoms with Crippen molar-refractivity contribution >= 4 is 8.53 Å². The van der Waals surface area contributed by atoms with Crippen LogP contribution in [0.4, 0.5) is 0 Å². The van der Waals surface area contributed by atoms with Gasteiger partial charge < -0.3 is 13.9 Å². The molecule has 6 rings (SSSR count). The second-order valence-corrected chi connectivity index (χ2v) is 12.6. The fourth-order valence-corrected chi connectivity index (χ4v) is 8.25. The Kier molecular flexibility index (Phi) is 4.18. The standard InChI is InChI=1S/C26H33N2O2P/c1-24(2)16-26-17-25(3,4)19-9-7-11-21(23(19)26)30-31(28-14-12-27(5)13-15-28)29-20-10-6-8-18(24)22(20)26/h6-11H,12-17H2,1-5H3. The van der Waals surface area contributed by atoms with Gasteiger partial charge in [-0.15, -0.1) is 0 Å². The molecule has 0 saturated carbocycles. The lowest BCUT2D eigenvalue weighted by Gasteiger charge is -2.39. The molecule has 0 atom stereocenters. The highest BCUT2D eigenvalue weighted by atomic mass is 31.2. The molecule has 1 saturated heterocycles. The maximum atomic E-state index is 6.82. The van der Waals surface area contributed by atoms with Gasteiger partial charge >= 0.3 is 8.53 Å². The van der Waals surface area contributed by atoms with E-state index in [1.165, 1.54) is 22.3 Å². The largest absolute Gasteiger partial charge is 0.427 e. The number of piperazine rings is 1. The van der Waals surface area contributed by atoms with Crippen molar-refractivity contribution in [2.75, 3.05) is 33.2 Å². The second-order valence-electron chi connectivity index (χ2n) is 11.2. The van der Waals surface area contributed by atoms with Crippen molar-refractivity contribution < 1.29 is 9.05 Å². The van der Waals surface area contributed by atoms with Crippen molar-refractivity contribution in [1.29, 1.82) is 0 Å². The Morgan fingerprint density at radius 1 is 0.742 bits per heavy atom. The summed E-state index contributed by atoms with van der Waals surface area (Å²) in [6.45, 7) is 13.7. The highest BCUT2D eigenvalue weighted by molar-refractivity contribution is 7.45. The number of likely N-dealkylation sites (N-methyl/N-ethyl adjacent to an activating group) is 1. The van der Waals surface area contributed by atoms with Crippen molar-refractivity contribution in [3.8, 4) is 11.5 Å². The first-order valence-corrected chi connectivity index (χ1v) is 12.7. The topological polar surface area (TPSA) is 24.9 Å².